The van der Waals surface area contributed by atoms with Crippen LogP contribution in [0.15, 0.2) is 29.6 Å². The second kappa shape index (κ2) is 6.41. The number of pyridine rings is 1. The van der Waals surface area contributed by atoms with Gasteiger partial charge in [-0.25, -0.2) is 0 Å². The minimum absolute atomic E-state index is 0.00335. The van der Waals surface area contributed by atoms with Gasteiger partial charge in [0.1, 0.15) is 6.07 Å². The molecule has 106 valence electrons. The van der Waals surface area contributed by atoms with Crippen LogP contribution in [0, 0.1) is 22.7 Å². The highest BCUT2D eigenvalue weighted by molar-refractivity contribution is 6.34. The van der Waals surface area contributed by atoms with Crippen LogP contribution in [-0.4, -0.2) is 4.98 Å². The van der Waals surface area contributed by atoms with E-state index in [1.165, 1.54) is 12.8 Å². The minimum atomic E-state index is -0.00335. The molecule has 1 aromatic heterocycles. The van der Waals surface area contributed by atoms with Crippen molar-refractivity contribution in [2.75, 3.05) is 0 Å². The van der Waals surface area contributed by atoms with Crippen molar-refractivity contribution in [1.29, 1.82) is 5.26 Å². The molecule has 0 unspecified atom stereocenters. The quantitative estimate of drug-likeness (QED) is 0.717. The van der Waals surface area contributed by atoms with Crippen molar-refractivity contribution < 1.29 is 0 Å². The Morgan fingerprint density at radius 2 is 2.15 bits per heavy atom. The molecule has 0 spiro atoms. The Labute approximate surface area is 126 Å². The van der Waals surface area contributed by atoms with Crippen LogP contribution in [0.4, 0.5) is 0 Å². The molecule has 1 aliphatic carbocycles. The van der Waals surface area contributed by atoms with Crippen molar-refractivity contribution >= 4 is 17.2 Å². The summed E-state index contributed by atoms with van der Waals surface area (Å²) in [5.41, 5.74) is 1.42. The summed E-state index contributed by atoms with van der Waals surface area (Å²) in [6, 6.07) is 6.06. The molecule has 20 heavy (non-hydrogen) atoms. The number of allylic oxidation sites excluding steroid dienone is 2. The molecule has 3 heteroatoms. The van der Waals surface area contributed by atoms with E-state index in [2.05, 4.69) is 24.9 Å². The number of hydrogen-bond acceptors (Lipinski definition) is 2. The molecule has 0 atom stereocenters. The average Bonchev–Trinajstić information content (AvgIpc) is 2.89. The molecule has 1 heterocycles. The fourth-order valence-electron chi connectivity index (χ4n) is 3.36. The molecular formula is C17H21ClN2. The van der Waals surface area contributed by atoms with E-state index < -0.39 is 0 Å². The summed E-state index contributed by atoms with van der Waals surface area (Å²) in [4.78, 5) is 4.10. The lowest BCUT2D eigenvalue weighted by molar-refractivity contribution is 0.304. The number of nitrogens with zero attached hydrogens (tertiary/aromatic N) is 2. The first kappa shape index (κ1) is 15.1. The first-order chi connectivity index (χ1) is 9.59. The lowest BCUT2D eigenvalue weighted by atomic mass is 9.76. The summed E-state index contributed by atoms with van der Waals surface area (Å²) in [7, 11) is 0. The lowest BCUT2D eigenvalue weighted by Crippen LogP contribution is -2.20. The van der Waals surface area contributed by atoms with Crippen LogP contribution in [0.25, 0.3) is 5.57 Å². The molecule has 2 rings (SSSR count). The summed E-state index contributed by atoms with van der Waals surface area (Å²) in [5.74, 6) is 0.579. The smallest absolute Gasteiger partial charge is 0.101 e. The Bertz CT molecular complexity index is 520. The van der Waals surface area contributed by atoms with Crippen LogP contribution in [0.5, 0.6) is 0 Å². The third kappa shape index (κ3) is 3.04. The fourth-order valence-corrected chi connectivity index (χ4v) is 3.78. The van der Waals surface area contributed by atoms with Crippen LogP contribution in [0.1, 0.15) is 51.5 Å². The molecular weight excluding hydrogens is 268 g/mol. The molecule has 0 amide bonds. The van der Waals surface area contributed by atoms with Gasteiger partial charge in [0.15, 0.2) is 0 Å². The topological polar surface area (TPSA) is 36.7 Å². The monoisotopic (exact) mass is 288 g/mol. The second-order valence-electron chi connectivity index (χ2n) is 6.13. The molecule has 1 saturated carbocycles. The van der Waals surface area contributed by atoms with Crippen molar-refractivity contribution in [3.63, 3.8) is 0 Å². The average molecular weight is 289 g/mol. The van der Waals surface area contributed by atoms with E-state index in [1.807, 2.05) is 12.1 Å². The molecule has 0 bridgehead atoms. The molecule has 0 saturated heterocycles. The van der Waals surface area contributed by atoms with Gasteiger partial charge in [0.25, 0.3) is 0 Å². The maximum absolute atomic E-state index is 9.54. The highest BCUT2D eigenvalue weighted by Gasteiger charge is 2.39. The van der Waals surface area contributed by atoms with Crippen molar-refractivity contribution in [3.05, 3.63) is 35.1 Å². The van der Waals surface area contributed by atoms with Gasteiger partial charge in [-0.2, -0.15) is 5.26 Å². The van der Waals surface area contributed by atoms with Gasteiger partial charge in [0.2, 0.25) is 0 Å². The van der Waals surface area contributed by atoms with Gasteiger partial charge in [-0.1, -0.05) is 44.4 Å². The zero-order valence-electron chi connectivity index (χ0n) is 12.2. The van der Waals surface area contributed by atoms with Gasteiger partial charge in [-0.3, -0.25) is 4.98 Å². The van der Waals surface area contributed by atoms with E-state index in [0.29, 0.717) is 11.5 Å². The van der Waals surface area contributed by atoms with Crippen molar-refractivity contribution in [1.82, 2.24) is 4.98 Å². The van der Waals surface area contributed by atoms with E-state index in [0.717, 1.165) is 29.9 Å². The van der Waals surface area contributed by atoms with Crippen molar-refractivity contribution in [3.8, 4) is 6.07 Å². The number of aromatic nitrogens is 1. The molecule has 1 aromatic rings. The predicted molar refractivity (Wildman–Crippen MR) is 83.0 cm³/mol. The second-order valence-corrected chi connectivity index (χ2v) is 6.51. The molecule has 1 aliphatic rings. The van der Waals surface area contributed by atoms with Crippen molar-refractivity contribution in [2.45, 2.75) is 46.0 Å². The molecule has 2 nitrogen and oxygen atoms in total. The first-order valence-corrected chi connectivity index (χ1v) is 7.67. The normalized spacial score (nSPS) is 18.8. The number of nitriles is 1. The standard InChI is InChI=1S/C17H21ClN2/c1-13(2)10-17(7-3-4-8-17)16(18)15(11-19)14-6-5-9-20-12-14/h5-6,9,12-13H,3-4,7-8,10H2,1-2H3/b16-15+. The molecule has 0 N–H and O–H groups in total. The Kier molecular flexibility index (Phi) is 4.83. The summed E-state index contributed by atoms with van der Waals surface area (Å²) in [6.45, 7) is 4.45. The maximum atomic E-state index is 9.54. The van der Waals surface area contributed by atoms with E-state index >= 15 is 0 Å². The molecule has 0 aromatic carbocycles. The Morgan fingerprint density at radius 3 is 2.65 bits per heavy atom. The summed E-state index contributed by atoms with van der Waals surface area (Å²) in [5, 5.41) is 10.3. The van der Waals surface area contributed by atoms with E-state index in [9.17, 15) is 5.26 Å². The SMILES string of the molecule is CC(C)CC1(/C(Cl)=C(/C#N)c2cccnc2)CCCC1. The third-order valence-corrected chi connectivity index (χ3v) is 4.70. The maximum Gasteiger partial charge on any atom is 0.101 e. The van der Waals surface area contributed by atoms with Gasteiger partial charge < -0.3 is 0 Å². The molecule has 0 aliphatic heterocycles. The van der Waals surface area contributed by atoms with Crippen molar-refractivity contribution in [2.24, 2.45) is 11.3 Å². The van der Waals surface area contributed by atoms with Gasteiger partial charge in [-0.05, 0) is 31.2 Å². The van der Waals surface area contributed by atoms with E-state index in [4.69, 9.17) is 11.6 Å². The zero-order chi connectivity index (χ0) is 14.6. The van der Waals surface area contributed by atoms with Gasteiger partial charge >= 0.3 is 0 Å². The largest absolute Gasteiger partial charge is 0.264 e. The number of halogens is 1. The summed E-state index contributed by atoms with van der Waals surface area (Å²) < 4.78 is 0. The highest BCUT2D eigenvalue weighted by atomic mass is 35.5. The Hall–Kier alpha value is -1.33. The Balaban J connectivity index is 2.46. The van der Waals surface area contributed by atoms with E-state index in [-0.39, 0.29) is 5.41 Å². The van der Waals surface area contributed by atoms with Gasteiger partial charge in [-0.15, -0.1) is 0 Å². The first-order valence-electron chi connectivity index (χ1n) is 7.30. The van der Waals surface area contributed by atoms with Crippen LogP contribution < -0.4 is 0 Å². The van der Waals surface area contributed by atoms with Crippen LogP contribution >= 0.6 is 11.6 Å². The minimum Gasteiger partial charge on any atom is -0.264 e. The van der Waals surface area contributed by atoms with E-state index in [1.54, 1.807) is 12.4 Å². The summed E-state index contributed by atoms with van der Waals surface area (Å²) in [6.07, 6.45) is 9.08. The Morgan fingerprint density at radius 1 is 1.45 bits per heavy atom. The summed E-state index contributed by atoms with van der Waals surface area (Å²) >= 11 is 6.72. The van der Waals surface area contributed by atoms with Crippen LogP contribution in [-0.2, 0) is 0 Å². The van der Waals surface area contributed by atoms with Crippen LogP contribution in [0.2, 0.25) is 0 Å². The van der Waals surface area contributed by atoms with Crippen LogP contribution in [0.3, 0.4) is 0 Å². The number of hydrogen-bond donors (Lipinski definition) is 0. The lowest BCUT2D eigenvalue weighted by Gasteiger charge is -2.31. The van der Waals surface area contributed by atoms with Gasteiger partial charge in [0.05, 0.1) is 5.57 Å². The van der Waals surface area contributed by atoms with Gasteiger partial charge in [0, 0.05) is 28.4 Å². The highest BCUT2D eigenvalue weighted by Crippen LogP contribution is 2.52. The molecule has 0 radical (unpaired) electrons. The molecule has 1 fully saturated rings. The zero-order valence-corrected chi connectivity index (χ0v) is 13.0. The number of rotatable bonds is 4. The fraction of sp³-hybridized carbons (Fsp3) is 0.529. The third-order valence-electron chi connectivity index (χ3n) is 4.11. The predicted octanol–water partition coefficient (Wildman–Crippen LogP) is 5.16.